The third-order valence-corrected chi connectivity index (χ3v) is 11.1. The topological polar surface area (TPSA) is 64.5 Å². The summed E-state index contributed by atoms with van der Waals surface area (Å²) in [6.45, 7) is 0. The van der Waals surface area contributed by atoms with Gasteiger partial charge in [-0.15, -0.1) is 0 Å². The molecule has 5 heteroatoms. The van der Waals surface area contributed by atoms with E-state index in [0.717, 1.165) is 106 Å². The fourth-order valence-corrected chi connectivity index (χ4v) is 8.10. The molecule has 4 aromatic heterocycles. The second-order valence-electron chi connectivity index (χ2n) is 14.9. The fourth-order valence-electron chi connectivity index (χ4n) is 8.10. The van der Waals surface area contributed by atoms with Crippen molar-refractivity contribution >= 4 is 32.7 Å². The van der Waals surface area contributed by atoms with Gasteiger partial charge in [-0.25, -0.2) is 19.9 Å². The molecule has 11 aromatic rings. The molecule has 0 spiro atoms. The van der Waals surface area contributed by atoms with Crippen molar-refractivity contribution in [1.82, 2.24) is 24.9 Å². The molecule has 7 aromatic carbocycles. The van der Waals surface area contributed by atoms with Gasteiger partial charge in [0, 0.05) is 55.7 Å². The van der Waals surface area contributed by atoms with E-state index in [1.807, 2.05) is 54.7 Å². The maximum absolute atomic E-state index is 5.29. The van der Waals surface area contributed by atoms with Gasteiger partial charge in [-0.1, -0.05) is 176 Å². The van der Waals surface area contributed by atoms with E-state index in [2.05, 4.69) is 158 Å². The molecule has 0 bridgehead atoms. The highest BCUT2D eigenvalue weighted by Crippen LogP contribution is 2.38. The molecule has 0 atom stereocenters. The van der Waals surface area contributed by atoms with Gasteiger partial charge in [0.25, 0.3) is 0 Å². The third kappa shape index (κ3) is 6.54. The second-order valence-corrected chi connectivity index (χ2v) is 14.9. The third-order valence-electron chi connectivity index (χ3n) is 11.1. The Balaban J connectivity index is 1.04. The summed E-state index contributed by atoms with van der Waals surface area (Å²) in [6.07, 6.45) is 1.85. The maximum atomic E-state index is 5.29. The van der Waals surface area contributed by atoms with Crippen LogP contribution in [-0.4, -0.2) is 24.9 Å². The maximum Gasteiger partial charge on any atom is 0.160 e. The molecule has 0 saturated heterocycles. The highest BCUT2D eigenvalue weighted by molar-refractivity contribution is 6.09. The quantitative estimate of drug-likeness (QED) is 0.151. The van der Waals surface area contributed by atoms with Crippen molar-refractivity contribution in [2.24, 2.45) is 0 Å². The number of pyridine rings is 3. The average molecular weight is 766 g/mol. The largest absolute Gasteiger partial charge is 0.256 e. The molecule has 0 aliphatic heterocycles. The number of fused-ring (bicyclic) bond motifs is 4. The highest BCUT2D eigenvalue weighted by atomic mass is 14.9. The first kappa shape index (κ1) is 35.0. The predicted molar refractivity (Wildman–Crippen MR) is 246 cm³/mol. The van der Waals surface area contributed by atoms with Gasteiger partial charge in [-0.2, -0.15) is 0 Å². The summed E-state index contributed by atoms with van der Waals surface area (Å²) in [6, 6.07) is 71.4. The molecule has 5 nitrogen and oxygen atoms in total. The Hall–Kier alpha value is -8.15. The van der Waals surface area contributed by atoms with Gasteiger partial charge >= 0.3 is 0 Å². The van der Waals surface area contributed by atoms with Crippen LogP contribution in [0.3, 0.4) is 0 Å². The monoisotopic (exact) mass is 765 g/mol. The molecule has 0 unspecified atom stereocenters. The molecule has 0 aliphatic rings. The number of benzene rings is 7. The second kappa shape index (κ2) is 15.0. The van der Waals surface area contributed by atoms with Crippen molar-refractivity contribution in [3.05, 3.63) is 212 Å². The molecule has 280 valence electrons. The summed E-state index contributed by atoms with van der Waals surface area (Å²) in [4.78, 5) is 25.6. The number of hydrogen-bond donors (Lipinski definition) is 0. The van der Waals surface area contributed by atoms with E-state index in [1.165, 1.54) is 0 Å². The SMILES string of the molecule is c1ccc(-c2cc(-c3cccc(-c4cccc5cccnc45)c3)nc(-c3ccc(-c4cc(-c5ccccc5)nc5c4ccc4ccc(-c6ccccc6)nc45)cc3)n2)cc1. The molecule has 0 N–H and O–H groups in total. The summed E-state index contributed by atoms with van der Waals surface area (Å²) in [7, 11) is 0. The number of nitrogens with zero attached hydrogens (tertiary/aromatic N) is 5. The van der Waals surface area contributed by atoms with Gasteiger partial charge in [-0.3, -0.25) is 4.98 Å². The van der Waals surface area contributed by atoms with Crippen molar-refractivity contribution in [2.75, 3.05) is 0 Å². The first-order valence-electron chi connectivity index (χ1n) is 20.1. The number of para-hydroxylation sites is 1. The number of rotatable bonds is 7. The minimum absolute atomic E-state index is 0.656. The van der Waals surface area contributed by atoms with Gasteiger partial charge in [0.15, 0.2) is 5.82 Å². The lowest BCUT2D eigenvalue weighted by molar-refractivity contribution is 1.18. The Morgan fingerprint density at radius 1 is 0.267 bits per heavy atom. The zero-order valence-electron chi connectivity index (χ0n) is 32.4. The first-order valence-corrected chi connectivity index (χ1v) is 20.1. The van der Waals surface area contributed by atoms with Crippen molar-refractivity contribution < 1.29 is 0 Å². The van der Waals surface area contributed by atoms with E-state index in [-0.39, 0.29) is 0 Å². The van der Waals surface area contributed by atoms with Crippen LogP contribution in [0.25, 0.3) is 111 Å². The molecular formula is C55H35N5. The van der Waals surface area contributed by atoms with Crippen LogP contribution < -0.4 is 0 Å². The van der Waals surface area contributed by atoms with Gasteiger partial charge < -0.3 is 0 Å². The summed E-state index contributed by atoms with van der Waals surface area (Å²) in [5, 5.41) is 3.20. The van der Waals surface area contributed by atoms with Crippen LogP contribution in [0.4, 0.5) is 0 Å². The van der Waals surface area contributed by atoms with Crippen LogP contribution in [0.1, 0.15) is 0 Å². The van der Waals surface area contributed by atoms with E-state index in [9.17, 15) is 0 Å². The van der Waals surface area contributed by atoms with Crippen LogP contribution in [0.2, 0.25) is 0 Å². The van der Waals surface area contributed by atoms with Gasteiger partial charge in [0.1, 0.15) is 0 Å². The predicted octanol–water partition coefficient (Wildman–Crippen LogP) is 13.8. The molecule has 0 aliphatic carbocycles. The standard InChI is InChI=1S/C55H35N5/c1-4-13-37(14-5-1)48-31-29-41-28-30-46-47(34-49(38-15-6-2-7-16-38)58-54(46)53(41)57-48)36-24-26-42(27-25-36)55-59-50(39-17-8-3-9-18-39)35-51(60-55)44-21-10-20-43(33-44)45-23-11-19-40-22-12-32-56-52(40)45/h1-35H. The molecular weight excluding hydrogens is 731 g/mol. The minimum Gasteiger partial charge on any atom is -0.256 e. The van der Waals surface area contributed by atoms with E-state index < -0.39 is 0 Å². The first-order chi connectivity index (χ1) is 29.7. The molecule has 4 heterocycles. The molecule has 0 saturated carbocycles. The lowest BCUT2D eigenvalue weighted by Crippen LogP contribution is -1.96. The molecule has 11 rings (SSSR count). The summed E-state index contributed by atoms with van der Waals surface area (Å²) < 4.78 is 0. The Bertz CT molecular complexity index is 3340. The van der Waals surface area contributed by atoms with Crippen LogP contribution >= 0.6 is 0 Å². The molecule has 0 amide bonds. The smallest absolute Gasteiger partial charge is 0.160 e. The normalized spacial score (nSPS) is 11.3. The van der Waals surface area contributed by atoms with E-state index in [1.54, 1.807) is 0 Å². The highest BCUT2D eigenvalue weighted by Gasteiger charge is 2.16. The van der Waals surface area contributed by atoms with Gasteiger partial charge in [0.05, 0.1) is 39.3 Å². The molecule has 60 heavy (non-hydrogen) atoms. The molecule has 0 fully saturated rings. The fraction of sp³-hybridized carbons (Fsp3) is 0. The summed E-state index contributed by atoms with van der Waals surface area (Å²) in [5.74, 6) is 0.656. The molecule has 0 radical (unpaired) electrons. The van der Waals surface area contributed by atoms with E-state index in [0.29, 0.717) is 5.82 Å². The summed E-state index contributed by atoms with van der Waals surface area (Å²) >= 11 is 0. The summed E-state index contributed by atoms with van der Waals surface area (Å²) in [5.41, 5.74) is 15.6. The zero-order valence-corrected chi connectivity index (χ0v) is 32.4. The minimum atomic E-state index is 0.656. The Morgan fingerprint density at radius 3 is 1.55 bits per heavy atom. The lowest BCUT2D eigenvalue weighted by Gasteiger charge is -2.14. The van der Waals surface area contributed by atoms with E-state index >= 15 is 0 Å². The van der Waals surface area contributed by atoms with Crippen LogP contribution in [-0.2, 0) is 0 Å². The van der Waals surface area contributed by atoms with Crippen LogP contribution in [0, 0.1) is 0 Å². The van der Waals surface area contributed by atoms with Crippen molar-refractivity contribution in [3.8, 4) is 78.7 Å². The number of aromatic nitrogens is 5. The van der Waals surface area contributed by atoms with Crippen molar-refractivity contribution in [2.45, 2.75) is 0 Å². The van der Waals surface area contributed by atoms with Crippen LogP contribution in [0.15, 0.2) is 212 Å². The van der Waals surface area contributed by atoms with E-state index in [4.69, 9.17) is 24.9 Å². The number of hydrogen-bond acceptors (Lipinski definition) is 5. The van der Waals surface area contributed by atoms with Crippen LogP contribution in [0.5, 0.6) is 0 Å². The zero-order chi connectivity index (χ0) is 39.8. The van der Waals surface area contributed by atoms with Gasteiger partial charge in [-0.05, 0) is 47.0 Å². The average Bonchev–Trinajstić information content (AvgIpc) is 3.34. The lowest BCUT2D eigenvalue weighted by atomic mass is 9.96. The van der Waals surface area contributed by atoms with Crippen molar-refractivity contribution in [3.63, 3.8) is 0 Å². The van der Waals surface area contributed by atoms with Gasteiger partial charge in [0.2, 0.25) is 0 Å². The Labute approximate surface area is 347 Å². The van der Waals surface area contributed by atoms with Crippen molar-refractivity contribution in [1.29, 1.82) is 0 Å². The Kier molecular flexibility index (Phi) is 8.75. The Morgan fingerprint density at radius 2 is 0.817 bits per heavy atom.